The maximum Gasteiger partial charge on any atom is 0.234 e. The number of aromatic nitrogens is 2. The van der Waals surface area contributed by atoms with E-state index in [0.717, 1.165) is 0 Å². The number of aliphatic hydroxyl groups excluding tert-OH is 1. The van der Waals surface area contributed by atoms with Gasteiger partial charge in [-0.2, -0.15) is 5.26 Å². The number of anilines is 1. The average molecular weight is 302 g/mol. The summed E-state index contributed by atoms with van der Waals surface area (Å²) in [5, 5.41) is 21.4. The van der Waals surface area contributed by atoms with Gasteiger partial charge in [-0.15, -0.1) is 0 Å². The third-order valence-electron chi connectivity index (χ3n) is 2.86. The fraction of sp³-hybridized carbons (Fsp3) is 0.214. The minimum Gasteiger partial charge on any atom is -0.390 e. The van der Waals surface area contributed by atoms with Crippen molar-refractivity contribution in [3.63, 3.8) is 0 Å². The van der Waals surface area contributed by atoms with Crippen LogP contribution in [-0.2, 0) is 18.4 Å². The van der Waals surface area contributed by atoms with Crippen molar-refractivity contribution in [1.29, 1.82) is 5.26 Å². The van der Waals surface area contributed by atoms with Crippen molar-refractivity contribution in [2.24, 2.45) is 7.05 Å². The lowest BCUT2D eigenvalue weighted by atomic mass is 10.2. The molecule has 0 saturated carbocycles. The van der Waals surface area contributed by atoms with E-state index in [2.05, 4.69) is 10.3 Å². The number of carbonyl (C=O) groups excluding carboxylic acids is 1. The largest absolute Gasteiger partial charge is 0.390 e. The number of aliphatic hydroxyl groups is 1. The highest BCUT2D eigenvalue weighted by Crippen LogP contribution is 2.18. The number of para-hydroxylation sites is 1. The van der Waals surface area contributed by atoms with Crippen LogP contribution in [0.15, 0.2) is 35.6 Å². The normalized spacial score (nSPS) is 10.1. The molecule has 7 heteroatoms. The number of rotatable bonds is 5. The predicted octanol–water partition coefficient (Wildman–Crippen LogP) is 1.51. The van der Waals surface area contributed by atoms with Crippen LogP contribution in [0.25, 0.3) is 0 Å². The minimum absolute atomic E-state index is 0.0915. The third kappa shape index (κ3) is 3.62. The standard InChI is InChI=1S/C14H14N4O2S/c1-18-11(8-19)7-16-14(18)21-9-13(20)17-12-5-3-2-4-10(12)6-15/h2-5,7,19H,8-9H2,1H3,(H,17,20). The Hall–Kier alpha value is -2.30. The Morgan fingerprint density at radius 3 is 2.95 bits per heavy atom. The number of nitrogens with zero attached hydrogens (tertiary/aromatic N) is 3. The molecule has 108 valence electrons. The summed E-state index contributed by atoms with van der Waals surface area (Å²) in [4.78, 5) is 16.0. The Labute approximate surface area is 126 Å². The van der Waals surface area contributed by atoms with E-state index >= 15 is 0 Å². The van der Waals surface area contributed by atoms with Crippen molar-refractivity contribution >= 4 is 23.4 Å². The van der Waals surface area contributed by atoms with Crippen molar-refractivity contribution in [2.45, 2.75) is 11.8 Å². The molecule has 1 aromatic carbocycles. The zero-order valence-corrected chi connectivity index (χ0v) is 12.2. The summed E-state index contributed by atoms with van der Waals surface area (Å²) in [6, 6.07) is 8.87. The number of nitriles is 1. The molecule has 0 fully saturated rings. The molecule has 1 aromatic heterocycles. The average Bonchev–Trinajstić information content (AvgIpc) is 2.86. The number of imidazole rings is 1. The van der Waals surface area contributed by atoms with Crippen molar-refractivity contribution in [3.8, 4) is 6.07 Å². The SMILES string of the molecule is Cn1c(CO)cnc1SCC(=O)Nc1ccccc1C#N. The molecule has 0 atom stereocenters. The molecule has 21 heavy (non-hydrogen) atoms. The van der Waals surface area contributed by atoms with Crippen LogP contribution < -0.4 is 5.32 Å². The lowest BCUT2D eigenvalue weighted by Gasteiger charge is -2.07. The number of hydrogen-bond acceptors (Lipinski definition) is 5. The van der Waals surface area contributed by atoms with Gasteiger partial charge in [0, 0.05) is 7.05 Å². The van der Waals surface area contributed by atoms with Gasteiger partial charge in [-0.25, -0.2) is 4.98 Å². The molecule has 6 nitrogen and oxygen atoms in total. The Morgan fingerprint density at radius 1 is 1.52 bits per heavy atom. The van der Waals surface area contributed by atoms with Gasteiger partial charge in [0.1, 0.15) is 6.07 Å². The molecule has 0 aliphatic rings. The van der Waals surface area contributed by atoms with E-state index in [1.807, 2.05) is 6.07 Å². The first-order valence-corrected chi connectivity index (χ1v) is 7.17. The summed E-state index contributed by atoms with van der Waals surface area (Å²) in [6.45, 7) is -0.0915. The lowest BCUT2D eigenvalue weighted by molar-refractivity contribution is -0.113. The zero-order chi connectivity index (χ0) is 15.2. The highest BCUT2D eigenvalue weighted by Gasteiger charge is 2.10. The second-order valence-corrected chi connectivity index (χ2v) is 5.19. The van der Waals surface area contributed by atoms with Crippen LogP contribution >= 0.6 is 11.8 Å². The second-order valence-electron chi connectivity index (χ2n) is 4.24. The Kier molecular flexibility index (Phi) is 4.98. The van der Waals surface area contributed by atoms with Gasteiger partial charge in [0.2, 0.25) is 5.91 Å². The summed E-state index contributed by atoms with van der Waals surface area (Å²) in [6.07, 6.45) is 1.57. The molecule has 0 bridgehead atoms. The fourth-order valence-corrected chi connectivity index (χ4v) is 2.48. The summed E-state index contributed by atoms with van der Waals surface area (Å²) in [5.74, 6) is -0.0357. The first-order chi connectivity index (χ1) is 10.2. The third-order valence-corrected chi connectivity index (χ3v) is 3.90. The van der Waals surface area contributed by atoms with Gasteiger partial charge >= 0.3 is 0 Å². The molecular formula is C14H14N4O2S. The fourth-order valence-electron chi connectivity index (χ4n) is 1.71. The van der Waals surface area contributed by atoms with Gasteiger partial charge in [0.25, 0.3) is 0 Å². The topological polar surface area (TPSA) is 90.9 Å². The van der Waals surface area contributed by atoms with Gasteiger partial charge in [0.05, 0.1) is 35.5 Å². The van der Waals surface area contributed by atoms with E-state index < -0.39 is 0 Å². The minimum atomic E-state index is -0.212. The highest BCUT2D eigenvalue weighted by molar-refractivity contribution is 7.99. The van der Waals surface area contributed by atoms with Gasteiger partial charge in [-0.05, 0) is 12.1 Å². The first kappa shape index (κ1) is 15.1. The van der Waals surface area contributed by atoms with Crippen molar-refractivity contribution < 1.29 is 9.90 Å². The molecule has 1 amide bonds. The number of nitrogens with one attached hydrogen (secondary N) is 1. The van der Waals surface area contributed by atoms with Crippen LogP contribution in [0, 0.1) is 11.3 Å². The molecule has 0 aliphatic carbocycles. The van der Waals surface area contributed by atoms with Crippen LogP contribution in [0.5, 0.6) is 0 Å². The molecule has 1 heterocycles. The maximum atomic E-state index is 11.9. The Morgan fingerprint density at radius 2 is 2.29 bits per heavy atom. The summed E-state index contributed by atoms with van der Waals surface area (Å²) in [5.41, 5.74) is 1.62. The van der Waals surface area contributed by atoms with E-state index in [1.165, 1.54) is 11.8 Å². The second kappa shape index (κ2) is 6.92. The van der Waals surface area contributed by atoms with Crippen LogP contribution in [0.2, 0.25) is 0 Å². The highest BCUT2D eigenvalue weighted by atomic mass is 32.2. The number of carbonyl (C=O) groups is 1. The predicted molar refractivity (Wildman–Crippen MR) is 79.6 cm³/mol. The van der Waals surface area contributed by atoms with Gasteiger partial charge in [0.15, 0.2) is 5.16 Å². The first-order valence-electron chi connectivity index (χ1n) is 6.19. The number of amides is 1. The van der Waals surface area contributed by atoms with Crippen LogP contribution in [0.3, 0.4) is 0 Å². The van der Waals surface area contributed by atoms with Crippen LogP contribution in [-0.4, -0.2) is 26.3 Å². The van der Waals surface area contributed by atoms with Gasteiger partial charge in [-0.3, -0.25) is 4.79 Å². The molecular weight excluding hydrogens is 288 g/mol. The molecule has 0 unspecified atom stereocenters. The molecule has 2 rings (SSSR count). The van der Waals surface area contributed by atoms with E-state index in [0.29, 0.717) is 22.1 Å². The number of benzene rings is 1. The van der Waals surface area contributed by atoms with E-state index in [1.54, 1.807) is 42.1 Å². The molecule has 0 aliphatic heterocycles. The quantitative estimate of drug-likeness (QED) is 0.817. The maximum absolute atomic E-state index is 11.9. The van der Waals surface area contributed by atoms with E-state index in [4.69, 9.17) is 10.4 Å². The van der Waals surface area contributed by atoms with E-state index in [-0.39, 0.29) is 18.3 Å². The van der Waals surface area contributed by atoms with E-state index in [9.17, 15) is 4.79 Å². The molecule has 0 saturated heterocycles. The molecule has 2 N–H and O–H groups in total. The van der Waals surface area contributed by atoms with Crippen LogP contribution in [0.4, 0.5) is 5.69 Å². The zero-order valence-electron chi connectivity index (χ0n) is 11.4. The summed E-state index contributed by atoms with van der Waals surface area (Å²) < 4.78 is 1.74. The number of hydrogen-bond donors (Lipinski definition) is 2. The Bertz CT molecular complexity index is 691. The van der Waals surface area contributed by atoms with Gasteiger partial charge in [-0.1, -0.05) is 23.9 Å². The molecule has 2 aromatic rings. The van der Waals surface area contributed by atoms with Crippen molar-refractivity contribution in [3.05, 3.63) is 41.7 Å². The summed E-state index contributed by atoms with van der Waals surface area (Å²) in [7, 11) is 1.78. The Balaban J connectivity index is 1.96. The van der Waals surface area contributed by atoms with Gasteiger partial charge < -0.3 is 15.0 Å². The summed E-state index contributed by atoms with van der Waals surface area (Å²) >= 11 is 1.27. The molecule has 0 radical (unpaired) electrons. The van der Waals surface area contributed by atoms with Crippen LogP contribution in [0.1, 0.15) is 11.3 Å². The van der Waals surface area contributed by atoms with Crippen molar-refractivity contribution in [2.75, 3.05) is 11.1 Å². The monoisotopic (exact) mass is 302 g/mol. The molecule has 0 spiro atoms. The van der Waals surface area contributed by atoms with Crippen molar-refractivity contribution in [1.82, 2.24) is 9.55 Å². The smallest absolute Gasteiger partial charge is 0.234 e. The number of thioether (sulfide) groups is 1. The lowest BCUT2D eigenvalue weighted by Crippen LogP contribution is -2.15.